The number of rotatable bonds is 6. The van der Waals surface area contributed by atoms with Crippen LogP contribution >= 0.6 is 0 Å². The molecule has 1 N–H and O–H groups in total. The number of hydrogen-bond donors (Lipinski definition) is 1. The first-order chi connectivity index (χ1) is 10.4. The lowest BCUT2D eigenvalue weighted by Gasteiger charge is -2.01. The minimum absolute atomic E-state index is 0.484. The molecule has 0 fully saturated rings. The van der Waals surface area contributed by atoms with Crippen molar-refractivity contribution in [1.82, 2.24) is 20.5 Å². The number of pyridine rings is 1. The van der Waals surface area contributed by atoms with Crippen LogP contribution in [-0.4, -0.2) is 28.3 Å². The molecule has 0 bridgehead atoms. The molecule has 0 radical (unpaired) electrons. The molecule has 0 amide bonds. The molecule has 3 aromatic rings. The minimum Gasteiger partial charge on any atom is -0.419 e. The van der Waals surface area contributed by atoms with Gasteiger partial charge >= 0.3 is 0 Å². The van der Waals surface area contributed by atoms with Gasteiger partial charge in [0.2, 0.25) is 5.89 Å². The molecule has 0 aliphatic rings. The summed E-state index contributed by atoms with van der Waals surface area (Å²) >= 11 is 0. The lowest BCUT2D eigenvalue weighted by molar-refractivity contribution is 0.493. The Morgan fingerprint density at radius 1 is 1.10 bits per heavy atom. The van der Waals surface area contributed by atoms with E-state index in [1.165, 1.54) is 0 Å². The van der Waals surface area contributed by atoms with E-state index in [0.717, 1.165) is 42.4 Å². The summed E-state index contributed by atoms with van der Waals surface area (Å²) in [7, 11) is 0. The van der Waals surface area contributed by atoms with Gasteiger partial charge in [-0.1, -0.05) is 31.2 Å². The standard InChI is InChI=1S/C16H18N4O/c1-2-9-17-10-8-14-19-20-16(21-14)15-13-6-4-3-5-12(13)7-11-18-15/h3-7,11,17H,2,8-10H2,1H3. The van der Waals surface area contributed by atoms with E-state index in [2.05, 4.69) is 27.4 Å². The van der Waals surface area contributed by atoms with Gasteiger partial charge < -0.3 is 9.73 Å². The second-order valence-electron chi connectivity index (χ2n) is 4.88. The van der Waals surface area contributed by atoms with Crippen molar-refractivity contribution in [2.45, 2.75) is 19.8 Å². The van der Waals surface area contributed by atoms with Gasteiger partial charge in [-0.2, -0.15) is 0 Å². The van der Waals surface area contributed by atoms with E-state index >= 15 is 0 Å². The van der Waals surface area contributed by atoms with Crippen molar-refractivity contribution in [2.75, 3.05) is 13.1 Å². The average molecular weight is 282 g/mol. The number of hydrogen-bond acceptors (Lipinski definition) is 5. The molecular weight excluding hydrogens is 264 g/mol. The Morgan fingerprint density at radius 2 is 2.00 bits per heavy atom. The Labute approximate surface area is 123 Å². The van der Waals surface area contributed by atoms with E-state index in [1.807, 2.05) is 30.3 Å². The van der Waals surface area contributed by atoms with Crippen LogP contribution in [0.25, 0.3) is 22.4 Å². The van der Waals surface area contributed by atoms with Crippen molar-refractivity contribution in [2.24, 2.45) is 0 Å². The van der Waals surface area contributed by atoms with Gasteiger partial charge in [-0.3, -0.25) is 4.98 Å². The van der Waals surface area contributed by atoms with Crippen molar-refractivity contribution in [3.05, 3.63) is 42.4 Å². The largest absolute Gasteiger partial charge is 0.419 e. The Bertz CT molecular complexity index is 718. The summed E-state index contributed by atoms with van der Waals surface area (Å²) in [6.45, 7) is 3.99. The maximum atomic E-state index is 5.73. The summed E-state index contributed by atoms with van der Waals surface area (Å²) in [6.07, 6.45) is 3.62. The lowest BCUT2D eigenvalue weighted by atomic mass is 10.1. The maximum absolute atomic E-state index is 5.73. The van der Waals surface area contributed by atoms with E-state index in [-0.39, 0.29) is 0 Å². The zero-order valence-corrected chi connectivity index (χ0v) is 12.0. The highest BCUT2D eigenvalue weighted by atomic mass is 16.4. The zero-order valence-electron chi connectivity index (χ0n) is 12.0. The van der Waals surface area contributed by atoms with E-state index < -0.39 is 0 Å². The monoisotopic (exact) mass is 282 g/mol. The van der Waals surface area contributed by atoms with Gasteiger partial charge in [-0.15, -0.1) is 10.2 Å². The van der Waals surface area contributed by atoms with Gasteiger partial charge in [0.05, 0.1) is 0 Å². The average Bonchev–Trinajstić information content (AvgIpc) is 3.00. The number of nitrogens with zero attached hydrogens (tertiary/aromatic N) is 3. The second-order valence-corrected chi connectivity index (χ2v) is 4.88. The molecule has 3 rings (SSSR count). The number of aromatic nitrogens is 3. The minimum atomic E-state index is 0.484. The topological polar surface area (TPSA) is 63.8 Å². The van der Waals surface area contributed by atoms with E-state index in [0.29, 0.717) is 11.8 Å². The van der Waals surface area contributed by atoms with Crippen molar-refractivity contribution < 1.29 is 4.42 Å². The van der Waals surface area contributed by atoms with Crippen LogP contribution in [0.3, 0.4) is 0 Å². The van der Waals surface area contributed by atoms with Crippen molar-refractivity contribution in [1.29, 1.82) is 0 Å². The van der Waals surface area contributed by atoms with Crippen LogP contribution in [0.4, 0.5) is 0 Å². The highest BCUT2D eigenvalue weighted by Crippen LogP contribution is 2.25. The van der Waals surface area contributed by atoms with E-state index in [9.17, 15) is 0 Å². The van der Waals surface area contributed by atoms with Crippen LogP contribution < -0.4 is 5.32 Å². The Morgan fingerprint density at radius 3 is 2.90 bits per heavy atom. The summed E-state index contributed by atoms with van der Waals surface area (Å²) in [4.78, 5) is 4.39. The highest BCUT2D eigenvalue weighted by molar-refractivity contribution is 5.92. The fourth-order valence-corrected chi connectivity index (χ4v) is 2.24. The maximum Gasteiger partial charge on any atom is 0.266 e. The molecule has 2 aromatic heterocycles. The first-order valence-electron chi connectivity index (χ1n) is 7.25. The van der Waals surface area contributed by atoms with Gasteiger partial charge in [0.1, 0.15) is 5.69 Å². The third-order valence-electron chi connectivity index (χ3n) is 3.29. The van der Waals surface area contributed by atoms with Crippen LogP contribution in [0.15, 0.2) is 40.9 Å². The normalized spacial score (nSPS) is 11.1. The van der Waals surface area contributed by atoms with E-state index in [1.54, 1.807) is 6.20 Å². The summed E-state index contributed by atoms with van der Waals surface area (Å²) in [5.74, 6) is 1.13. The smallest absolute Gasteiger partial charge is 0.266 e. The molecule has 5 heteroatoms. The molecule has 0 saturated heterocycles. The molecule has 0 aliphatic carbocycles. The predicted molar refractivity (Wildman–Crippen MR) is 81.9 cm³/mol. The van der Waals surface area contributed by atoms with Gasteiger partial charge in [0.15, 0.2) is 0 Å². The van der Waals surface area contributed by atoms with Crippen LogP contribution in [0, 0.1) is 0 Å². The first kappa shape index (κ1) is 13.7. The first-order valence-corrected chi connectivity index (χ1v) is 7.25. The lowest BCUT2D eigenvalue weighted by Crippen LogP contribution is -2.17. The van der Waals surface area contributed by atoms with Gasteiger partial charge in [0, 0.05) is 24.5 Å². The summed E-state index contributed by atoms with van der Waals surface area (Å²) in [6, 6.07) is 10.0. The molecule has 21 heavy (non-hydrogen) atoms. The molecule has 2 heterocycles. The molecule has 0 atom stereocenters. The molecule has 0 unspecified atom stereocenters. The zero-order chi connectivity index (χ0) is 14.5. The second kappa shape index (κ2) is 6.45. The van der Waals surface area contributed by atoms with Crippen molar-refractivity contribution in [3.63, 3.8) is 0 Å². The third-order valence-corrected chi connectivity index (χ3v) is 3.29. The number of nitrogens with one attached hydrogen (secondary N) is 1. The Hall–Kier alpha value is -2.27. The Kier molecular flexibility index (Phi) is 4.21. The van der Waals surface area contributed by atoms with Gasteiger partial charge in [0.25, 0.3) is 5.89 Å². The van der Waals surface area contributed by atoms with Crippen LogP contribution in [-0.2, 0) is 6.42 Å². The molecular formula is C16H18N4O. The molecule has 5 nitrogen and oxygen atoms in total. The fourth-order valence-electron chi connectivity index (χ4n) is 2.24. The quantitative estimate of drug-likeness (QED) is 0.704. The van der Waals surface area contributed by atoms with Crippen LogP contribution in [0.5, 0.6) is 0 Å². The van der Waals surface area contributed by atoms with Crippen molar-refractivity contribution >= 4 is 10.8 Å². The Balaban J connectivity index is 1.81. The molecule has 0 aliphatic heterocycles. The summed E-state index contributed by atoms with van der Waals surface area (Å²) in [5, 5.41) is 13.7. The molecule has 1 aromatic carbocycles. The summed E-state index contributed by atoms with van der Waals surface area (Å²) in [5.41, 5.74) is 0.744. The number of fused-ring (bicyclic) bond motifs is 1. The van der Waals surface area contributed by atoms with Crippen molar-refractivity contribution in [3.8, 4) is 11.6 Å². The molecule has 108 valence electrons. The van der Waals surface area contributed by atoms with Gasteiger partial charge in [-0.25, -0.2) is 0 Å². The van der Waals surface area contributed by atoms with Crippen LogP contribution in [0.1, 0.15) is 19.2 Å². The third kappa shape index (κ3) is 3.08. The van der Waals surface area contributed by atoms with Gasteiger partial charge in [-0.05, 0) is 24.4 Å². The highest BCUT2D eigenvalue weighted by Gasteiger charge is 2.12. The molecule has 0 saturated carbocycles. The SMILES string of the molecule is CCCNCCc1nnc(-c2nccc3ccccc23)o1. The number of benzene rings is 1. The molecule has 0 spiro atoms. The van der Waals surface area contributed by atoms with E-state index in [4.69, 9.17) is 4.42 Å². The summed E-state index contributed by atoms with van der Waals surface area (Å²) < 4.78 is 5.73. The fraction of sp³-hybridized carbons (Fsp3) is 0.312. The van der Waals surface area contributed by atoms with Crippen LogP contribution in [0.2, 0.25) is 0 Å². The predicted octanol–water partition coefficient (Wildman–Crippen LogP) is 2.83.